The number of thiophene rings is 1. The summed E-state index contributed by atoms with van der Waals surface area (Å²) in [6.45, 7) is 13.6. The Hall–Kier alpha value is -11.9. The summed E-state index contributed by atoms with van der Waals surface area (Å²) in [6.07, 6.45) is 8.86. The number of hydrogen-bond donors (Lipinski definition) is 9. The van der Waals surface area contributed by atoms with Gasteiger partial charge in [0.15, 0.2) is 23.3 Å². The molecule has 0 radical (unpaired) electrons. The van der Waals surface area contributed by atoms with Crippen molar-refractivity contribution < 1.29 is 90.5 Å². The van der Waals surface area contributed by atoms with Gasteiger partial charge in [-0.3, -0.25) is 52.7 Å². The second-order valence-electron chi connectivity index (χ2n) is 27.8. The van der Waals surface area contributed by atoms with E-state index in [9.17, 15) is 43.2 Å². The van der Waals surface area contributed by atoms with Crippen LogP contribution in [-0.2, 0) is 97.0 Å². The van der Waals surface area contributed by atoms with Crippen LogP contribution in [0.4, 0.5) is 28.7 Å². The number of imidazole rings is 3. The molecule has 123 heavy (non-hydrogen) atoms. The molecular weight excluding hydrogens is 1640 g/mol. The van der Waals surface area contributed by atoms with Crippen LogP contribution in [0.1, 0.15) is 118 Å². The number of carbonyl (C=O) groups excluding carboxylic acids is 9. The van der Waals surface area contributed by atoms with Crippen molar-refractivity contribution >= 4 is 111 Å². The van der Waals surface area contributed by atoms with Crippen molar-refractivity contribution in [2.24, 2.45) is 40.2 Å². The number of fused-ring (bicyclic) bond motifs is 3. The fourth-order valence-electron chi connectivity index (χ4n) is 12.3. The third-order valence-electron chi connectivity index (χ3n) is 18.5. The van der Waals surface area contributed by atoms with Gasteiger partial charge in [0, 0.05) is 145 Å². The summed E-state index contributed by atoms with van der Waals surface area (Å²) in [5, 5.41) is 34.8. The minimum absolute atomic E-state index is 0.00645. The molecule has 10 rings (SSSR count). The van der Waals surface area contributed by atoms with Crippen LogP contribution < -0.4 is 52.6 Å². The van der Waals surface area contributed by atoms with Crippen molar-refractivity contribution in [1.82, 2.24) is 73.8 Å². The van der Waals surface area contributed by atoms with E-state index in [1.54, 1.807) is 87.8 Å². The van der Waals surface area contributed by atoms with Gasteiger partial charge < -0.3 is 118 Å². The third kappa shape index (κ3) is 28.9. The van der Waals surface area contributed by atoms with E-state index in [0.717, 1.165) is 33.2 Å². The van der Waals surface area contributed by atoms with Gasteiger partial charge in [0.05, 0.1) is 142 Å². The summed E-state index contributed by atoms with van der Waals surface area (Å²) in [6, 6.07) is 17.1. The molecule has 8 heterocycles. The lowest BCUT2D eigenvalue weighted by Gasteiger charge is -2.13. The highest BCUT2D eigenvalue weighted by molar-refractivity contribution is 7.15. The summed E-state index contributed by atoms with van der Waals surface area (Å²) in [7, 11) is 8.04. The Bertz CT molecular complexity index is 5070. The van der Waals surface area contributed by atoms with Crippen molar-refractivity contribution in [2.75, 3.05) is 178 Å². The van der Waals surface area contributed by atoms with Crippen LogP contribution in [0.3, 0.4) is 0 Å². The topological polar surface area (TPSA) is 461 Å². The number of amides is 9. The molecule has 9 aromatic rings. The van der Waals surface area contributed by atoms with Gasteiger partial charge in [0.25, 0.3) is 29.5 Å². The fraction of sp³-hybridized carbons (Fsp3) is 0.444. The van der Waals surface area contributed by atoms with Crippen molar-refractivity contribution in [2.45, 2.75) is 52.5 Å². The Balaban J connectivity index is 0.456. The molecule has 0 unspecified atom stereocenters. The molecule has 0 fully saturated rings. The number of aliphatic imine (C=N–C) groups is 1. The highest BCUT2D eigenvalue weighted by atomic mass is 35.5. The number of nitrogens with one attached hydrogen (secondary N) is 9. The summed E-state index contributed by atoms with van der Waals surface area (Å²) in [5.41, 5.74) is 5.47. The predicted molar refractivity (Wildman–Crippen MR) is 453 cm³/mol. The molecule has 0 saturated carbocycles. The number of anilines is 5. The van der Waals surface area contributed by atoms with E-state index >= 15 is 0 Å². The molecule has 1 atom stereocenters. The number of aromatic nitrogens is 11. The molecule has 0 spiro atoms. The first kappa shape index (κ1) is 93.4. The lowest BCUT2D eigenvalue weighted by atomic mass is 9.99. The quantitative estimate of drug-likeness (QED) is 0.0221. The molecule has 1 aliphatic heterocycles. The Morgan fingerprint density at radius 2 is 0.894 bits per heavy atom. The lowest BCUT2D eigenvalue weighted by molar-refractivity contribution is -0.121. The van der Waals surface area contributed by atoms with Crippen LogP contribution >= 0.6 is 22.9 Å². The molecule has 9 amide bonds. The molecule has 7 aromatic heterocycles. The van der Waals surface area contributed by atoms with Crippen LogP contribution in [0.25, 0.3) is 5.00 Å². The van der Waals surface area contributed by atoms with Gasteiger partial charge in [0.2, 0.25) is 35.3 Å². The Labute approximate surface area is 718 Å². The smallest absolute Gasteiger partial charge is 0.291 e. The van der Waals surface area contributed by atoms with Crippen LogP contribution in [0.5, 0.6) is 5.75 Å². The fourth-order valence-corrected chi connectivity index (χ4v) is 13.6. The maximum absolute atomic E-state index is 13.6. The first-order chi connectivity index (χ1) is 59.5. The number of benzene rings is 2. The summed E-state index contributed by atoms with van der Waals surface area (Å²) in [4.78, 5) is 135. The van der Waals surface area contributed by atoms with Gasteiger partial charge in [-0.1, -0.05) is 23.7 Å². The molecule has 2 aromatic carbocycles. The SMILES string of the molecule is Cc1sc2c(c1C)C(c1ccc(Cl)cc1)=N[C@@H](CC(=O)Nc1ccc(OCCOCCOCCOCCOCCOCCOCCOCCOCCOCCNC(=O)CCNC(=O)c3nc(NC(=O)CCNC(=O)c4cc(NC(=O)c5nc(NC(=O)CCNC(=O)c6cc(NC(=O)c7nccn7C)cn6C)cn5C)cn4C)cn3C)cc1)c1nnc(C)n1-2. The maximum atomic E-state index is 13.6. The normalized spacial score (nSPS) is 12.2. The predicted octanol–water partition coefficient (Wildman–Crippen LogP) is 5.19. The van der Waals surface area contributed by atoms with E-state index in [0.29, 0.717) is 147 Å². The van der Waals surface area contributed by atoms with Crippen molar-refractivity contribution in [3.8, 4) is 10.8 Å². The zero-order chi connectivity index (χ0) is 87.6. The molecular formula is C81H104ClN21O19S. The number of ether oxygens (including phenoxy) is 10. The standard InChI is InChI=1S/C81H104ClN21O19S/c1-52-53(2)123-81-70(52)71(55-9-11-56(82)12-10-55)91-61(72-97-96-54(3)103(72)81)47-69(107)88-57-13-15-60(16-14-57)122-44-43-121-42-41-120-40-39-119-38-37-118-36-35-117-34-33-116-32-31-115-30-29-114-28-27-113-26-24-83-66(104)17-20-87-78(110)74-94-64(50-101(74)7)92-67(105)18-21-86-77(109)63-46-59(49-100(63)6)90-80(112)75-95-65(51-102(75)8)93-68(106)19-22-85-76(108)62-45-58(48-99(62)5)89-79(111)73-84-23-25-98(73)4/h9-16,23,25,45-46,48-51,61H,17-22,24,26-44,47H2,1-8H3,(H,83,104)(H,85,108)(H,86,109)(H,87,110)(H,88,107)(H,89,111)(H,90,112)(H,92,105)(H,93,106)/t61-/m0/s1. The summed E-state index contributed by atoms with van der Waals surface area (Å²) >= 11 is 7.92. The minimum atomic E-state index is -0.641. The largest absolute Gasteiger partial charge is 0.491 e. The summed E-state index contributed by atoms with van der Waals surface area (Å²) < 4.78 is 65.4. The zero-order valence-electron chi connectivity index (χ0n) is 69.8. The monoisotopic (exact) mass is 1740 g/mol. The maximum Gasteiger partial charge on any atom is 0.291 e. The van der Waals surface area contributed by atoms with E-state index < -0.39 is 47.4 Å². The second kappa shape index (κ2) is 48.1. The molecule has 9 N–H and O–H groups in total. The molecule has 0 aliphatic carbocycles. The van der Waals surface area contributed by atoms with Crippen LogP contribution in [0.15, 0.2) is 103 Å². The van der Waals surface area contributed by atoms with Gasteiger partial charge in [-0.2, -0.15) is 0 Å². The van der Waals surface area contributed by atoms with Gasteiger partial charge >= 0.3 is 0 Å². The number of hydrogen-bond acceptors (Lipinski definition) is 26. The number of nitrogens with zero attached hydrogens (tertiary/aromatic N) is 12. The molecule has 42 heteroatoms. The average molecular weight is 1740 g/mol. The van der Waals surface area contributed by atoms with E-state index in [-0.39, 0.29) is 116 Å². The highest BCUT2D eigenvalue weighted by Crippen LogP contribution is 2.40. The van der Waals surface area contributed by atoms with Crippen molar-refractivity contribution in [1.29, 1.82) is 0 Å². The second-order valence-corrected chi connectivity index (χ2v) is 29.5. The van der Waals surface area contributed by atoms with E-state index in [1.807, 2.05) is 35.8 Å². The minimum Gasteiger partial charge on any atom is -0.491 e. The van der Waals surface area contributed by atoms with E-state index in [1.165, 1.54) is 60.1 Å². The van der Waals surface area contributed by atoms with Crippen molar-refractivity contribution in [3.63, 3.8) is 0 Å². The van der Waals surface area contributed by atoms with Crippen LogP contribution in [0, 0.1) is 20.8 Å². The highest BCUT2D eigenvalue weighted by Gasteiger charge is 2.33. The van der Waals surface area contributed by atoms with Crippen LogP contribution in [-0.4, -0.2) is 263 Å². The number of aryl methyl sites for hydroxylation is 7. The van der Waals surface area contributed by atoms with Gasteiger partial charge in [-0.15, -0.1) is 21.5 Å². The number of carbonyl (C=O) groups is 9. The molecule has 660 valence electrons. The van der Waals surface area contributed by atoms with Gasteiger partial charge in [-0.25, -0.2) is 15.0 Å². The van der Waals surface area contributed by atoms with E-state index in [2.05, 4.69) is 86.8 Å². The molecule has 40 nitrogen and oxygen atoms in total. The lowest BCUT2D eigenvalue weighted by Crippen LogP contribution is -2.33. The van der Waals surface area contributed by atoms with E-state index in [4.69, 9.17) is 64.0 Å². The Morgan fingerprint density at radius 1 is 0.439 bits per heavy atom. The van der Waals surface area contributed by atoms with Gasteiger partial charge in [0.1, 0.15) is 40.6 Å². The molecule has 0 saturated heterocycles. The number of rotatable bonds is 53. The number of halogens is 1. The van der Waals surface area contributed by atoms with Gasteiger partial charge in [-0.05, 0) is 74.9 Å². The Morgan fingerprint density at radius 3 is 1.38 bits per heavy atom. The molecule has 0 bridgehead atoms. The summed E-state index contributed by atoms with van der Waals surface area (Å²) in [5.74, 6) is -1.91. The van der Waals surface area contributed by atoms with Crippen LogP contribution in [0.2, 0.25) is 5.02 Å². The first-order valence-corrected chi connectivity index (χ1v) is 40.9. The first-order valence-electron chi connectivity index (χ1n) is 39.8. The molecule has 1 aliphatic rings. The third-order valence-corrected chi connectivity index (χ3v) is 20.0. The Kier molecular flexibility index (Phi) is 36.5. The average Bonchev–Trinajstić information content (AvgIpc) is 1.59. The van der Waals surface area contributed by atoms with Crippen molar-refractivity contribution in [3.05, 3.63) is 165 Å². The zero-order valence-corrected chi connectivity index (χ0v) is 71.4.